The minimum Gasteiger partial charge on any atom is -0.465 e. The van der Waals surface area contributed by atoms with Crippen LogP contribution in [0.5, 0.6) is 0 Å². The van der Waals surface area contributed by atoms with E-state index >= 15 is 0 Å². The second kappa shape index (κ2) is 7.77. The van der Waals surface area contributed by atoms with E-state index in [-0.39, 0.29) is 22.9 Å². The molecule has 0 radical (unpaired) electrons. The molecule has 146 valence electrons. The lowest BCUT2D eigenvalue weighted by Crippen LogP contribution is -2.32. The van der Waals surface area contributed by atoms with Crippen LogP contribution in [0.4, 0.5) is 0 Å². The fourth-order valence-corrected chi connectivity index (χ4v) is 4.99. The van der Waals surface area contributed by atoms with Crippen LogP contribution in [0.3, 0.4) is 0 Å². The van der Waals surface area contributed by atoms with Gasteiger partial charge in [0.25, 0.3) is 5.56 Å². The van der Waals surface area contributed by atoms with Crippen LogP contribution in [0.2, 0.25) is 0 Å². The molecule has 2 aromatic heterocycles. The molecule has 27 heavy (non-hydrogen) atoms. The van der Waals surface area contributed by atoms with Gasteiger partial charge in [0.05, 0.1) is 30.0 Å². The van der Waals surface area contributed by atoms with Crippen molar-refractivity contribution in [3.63, 3.8) is 0 Å². The van der Waals surface area contributed by atoms with Crippen molar-refractivity contribution in [1.82, 2.24) is 9.55 Å². The third kappa shape index (κ3) is 4.28. The average molecular weight is 409 g/mol. The summed E-state index contributed by atoms with van der Waals surface area (Å²) in [4.78, 5) is 31.5. The molecule has 1 aliphatic rings. The number of nitrogens with zero attached hydrogens (tertiary/aromatic N) is 2. The Labute approximate surface area is 166 Å². The highest BCUT2D eigenvalue weighted by atomic mass is 32.2. The van der Waals surface area contributed by atoms with Crippen LogP contribution in [0.1, 0.15) is 38.1 Å². The first kappa shape index (κ1) is 20.1. The second-order valence-corrected chi connectivity index (χ2v) is 9.27. The molecule has 0 unspecified atom stereocenters. The van der Waals surface area contributed by atoms with Crippen LogP contribution in [-0.4, -0.2) is 33.5 Å². The van der Waals surface area contributed by atoms with Gasteiger partial charge in [-0.25, -0.2) is 4.98 Å². The number of rotatable bonds is 6. The molecule has 0 fully saturated rings. The fraction of sp³-hybridized carbons (Fsp3) is 0.526. The summed E-state index contributed by atoms with van der Waals surface area (Å²) in [5, 5.41) is 1.19. The normalized spacial score (nSPS) is 15.6. The second-order valence-electron chi connectivity index (χ2n) is 7.25. The molecule has 0 spiro atoms. The van der Waals surface area contributed by atoms with E-state index in [0.717, 1.165) is 16.0 Å². The monoisotopic (exact) mass is 408 g/mol. The predicted octanol–water partition coefficient (Wildman–Crippen LogP) is 3.54. The summed E-state index contributed by atoms with van der Waals surface area (Å²) in [5.74, 6) is -0.206. The van der Waals surface area contributed by atoms with Gasteiger partial charge < -0.3 is 9.47 Å². The van der Waals surface area contributed by atoms with Crippen LogP contribution in [0.15, 0.2) is 22.1 Å². The van der Waals surface area contributed by atoms with Crippen LogP contribution in [0, 0.1) is 0 Å². The molecule has 3 rings (SSSR count). The quantitative estimate of drug-likeness (QED) is 0.315. The first-order valence-electron chi connectivity index (χ1n) is 8.83. The van der Waals surface area contributed by atoms with Crippen molar-refractivity contribution >= 4 is 39.3 Å². The number of hydrogen-bond acceptors (Lipinski definition) is 7. The lowest BCUT2D eigenvalue weighted by atomic mass is 9.94. The number of aromatic nitrogens is 2. The molecule has 0 amide bonds. The molecule has 0 aromatic carbocycles. The van der Waals surface area contributed by atoms with Crippen molar-refractivity contribution in [2.75, 3.05) is 12.4 Å². The van der Waals surface area contributed by atoms with Gasteiger partial charge in [0.1, 0.15) is 4.83 Å². The van der Waals surface area contributed by atoms with Crippen molar-refractivity contribution in [3.05, 3.63) is 32.9 Å². The summed E-state index contributed by atoms with van der Waals surface area (Å²) in [6, 6.07) is 0. The highest BCUT2D eigenvalue weighted by Gasteiger charge is 2.31. The molecule has 0 N–H and O–H groups in total. The van der Waals surface area contributed by atoms with Crippen molar-refractivity contribution in [2.45, 2.75) is 58.0 Å². The van der Waals surface area contributed by atoms with Gasteiger partial charge in [-0.15, -0.1) is 11.3 Å². The zero-order valence-corrected chi connectivity index (χ0v) is 17.7. The molecular weight excluding hydrogens is 384 g/mol. The number of fused-ring (bicyclic) bond motifs is 3. The number of ether oxygens (including phenoxy) is 2. The molecule has 0 bridgehead atoms. The number of thioether (sulfide) groups is 1. The topological polar surface area (TPSA) is 70.4 Å². The summed E-state index contributed by atoms with van der Waals surface area (Å²) in [6.45, 7) is 12.8. The third-order valence-corrected chi connectivity index (χ3v) is 6.26. The maximum Gasteiger partial charge on any atom is 0.316 e. The molecule has 0 saturated carbocycles. The Bertz CT molecular complexity index is 959. The predicted molar refractivity (Wildman–Crippen MR) is 109 cm³/mol. The zero-order valence-electron chi connectivity index (χ0n) is 16.1. The van der Waals surface area contributed by atoms with E-state index < -0.39 is 0 Å². The summed E-state index contributed by atoms with van der Waals surface area (Å²) in [7, 11) is 0. The standard InChI is InChI=1S/C19H24N2O4S2/c1-6-24-14(22)10-26-18-20-16-15(17(23)21(18)8-11(2)3)12-7-19(4,5)25-9-13(12)27-16/h2,6-10H2,1,3-5H3. The highest BCUT2D eigenvalue weighted by molar-refractivity contribution is 7.99. The highest BCUT2D eigenvalue weighted by Crippen LogP contribution is 2.37. The number of allylic oxidation sites excluding steroid dienone is 1. The van der Waals surface area contributed by atoms with Crippen molar-refractivity contribution in [3.8, 4) is 0 Å². The minimum atomic E-state index is -0.320. The summed E-state index contributed by atoms with van der Waals surface area (Å²) in [6.07, 6.45) is 0.682. The lowest BCUT2D eigenvalue weighted by Gasteiger charge is -2.29. The lowest BCUT2D eigenvalue weighted by molar-refractivity contribution is -0.139. The van der Waals surface area contributed by atoms with Crippen LogP contribution >= 0.6 is 23.1 Å². The van der Waals surface area contributed by atoms with Gasteiger partial charge in [0.2, 0.25) is 0 Å². The Hall–Kier alpha value is -1.64. The molecule has 8 heteroatoms. The number of esters is 1. The van der Waals surface area contributed by atoms with E-state index in [2.05, 4.69) is 6.58 Å². The van der Waals surface area contributed by atoms with Crippen molar-refractivity contribution in [1.29, 1.82) is 0 Å². The van der Waals surface area contributed by atoms with E-state index in [4.69, 9.17) is 14.5 Å². The van der Waals surface area contributed by atoms with Gasteiger partial charge >= 0.3 is 5.97 Å². The Morgan fingerprint density at radius 2 is 2.22 bits per heavy atom. The van der Waals surface area contributed by atoms with E-state index in [0.29, 0.717) is 41.6 Å². The van der Waals surface area contributed by atoms with Crippen molar-refractivity contribution in [2.24, 2.45) is 0 Å². The molecule has 0 aliphatic carbocycles. The maximum atomic E-state index is 13.3. The molecule has 6 nitrogen and oxygen atoms in total. The Kier molecular flexibility index (Phi) is 5.79. The summed E-state index contributed by atoms with van der Waals surface area (Å²) < 4.78 is 12.5. The minimum absolute atomic E-state index is 0.0791. The zero-order chi connectivity index (χ0) is 19.8. The van der Waals surface area contributed by atoms with E-state index in [1.807, 2.05) is 20.8 Å². The largest absolute Gasteiger partial charge is 0.465 e. The van der Waals surface area contributed by atoms with Gasteiger partial charge in [0, 0.05) is 17.8 Å². The Morgan fingerprint density at radius 3 is 2.89 bits per heavy atom. The molecule has 3 heterocycles. The summed E-state index contributed by atoms with van der Waals surface area (Å²) >= 11 is 2.72. The smallest absolute Gasteiger partial charge is 0.316 e. The van der Waals surface area contributed by atoms with E-state index in [1.54, 1.807) is 11.5 Å². The number of thiophene rings is 1. The van der Waals surface area contributed by atoms with E-state index in [9.17, 15) is 9.59 Å². The van der Waals surface area contributed by atoms with Crippen LogP contribution in [0.25, 0.3) is 10.2 Å². The fourth-order valence-electron chi connectivity index (χ4n) is 3.05. The average Bonchev–Trinajstić information content (AvgIpc) is 2.92. The molecule has 0 atom stereocenters. The van der Waals surface area contributed by atoms with Crippen LogP contribution in [-0.2, 0) is 33.8 Å². The first-order chi connectivity index (χ1) is 12.7. The first-order valence-corrected chi connectivity index (χ1v) is 10.6. The van der Waals surface area contributed by atoms with Gasteiger partial charge in [-0.3, -0.25) is 14.2 Å². The SMILES string of the molecule is C=C(C)Cn1c(SCC(=O)OCC)nc2sc3c(c2c1=O)CC(C)(C)OC3. The number of hydrogen-bond donors (Lipinski definition) is 0. The van der Waals surface area contributed by atoms with Crippen LogP contribution < -0.4 is 5.56 Å². The van der Waals surface area contributed by atoms with Gasteiger partial charge in [-0.2, -0.15) is 0 Å². The van der Waals surface area contributed by atoms with Gasteiger partial charge in [-0.1, -0.05) is 23.9 Å². The molecule has 0 saturated heterocycles. The molecule has 1 aliphatic heterocycles. The van der Waals surface area contributed by atoms with Gasteiger partial charge in [0.15, 0.2) is 5.16 Å². The maximum absolute atomic E-state index is 13.3. The Balaban J connectivity index is 2.09. The Morgan fingerprint density at radius 1 is 1.48 bits per heavy atom. The number of carbonyl (C=O) groups excluding carboxylic acids is 1. The van der Waals surface area contributed by atoms with Gasteiger partial charge in [-0.05, 0) is 33.3 Å². The van der Waals surface area contributed by atoms with Crippen molar-refractivity contribution < 1.29 is 14.3 Å². The third-order valence-electron chi connectivity index (χ3n) is 4.21. The summed E-state index contributed by atoms with van der Waals surface area (Å²) in [5.41, 5.74) is 1.51. The molecule has 2 aromatic rings. The number of carbonyl (C=O) groups is 1. The molecular formula is C19H24N2O4S2. The van der Waals surface area contributed by atoms with E-state index in [1.165, 1.54) is 23.1 Å².